The number of hydrogen-bond donors (Lipinski definition) is 0. The summed E-state index contributed by atoms with van der Waals surface area (Å²) in [6.07, 6.45) is 0. The molecule has 1 heterocycles. The fourth-order valence-corrected chi connectivity index (χ4v) is 4.21. The van der Waals surface area contributed by atoms with Gasteiger partial charge in [-0.25, -0.2) is 0 Å². The van der Waals surface area contributed by atoms with Crippen molar-refractivity contribution >= 4 is 22.8 Å². The van der Waals surface area contributed by atoms with Crippen LogP contribution in [0.2, 0.25) is 0 Å². The van der Waals surface area contributed by atoms with Crippen LogP contribution in [-0.2, 0) is 10.8 Å². The van der Waals surface area contributed by atoms with Gasteiger partial charge in [-0.1, -0.05) is 102 Å². The molecule has 0 fully saturated rings. The Morgan fingerprint density at radius 1 is 0.517 bits per heavy atom. The van der Waals surface area contributed by atoms with Crippen LogP contribution in [0.3, 0.4) is 0 Å². The van der Waals surface area contributed by atoms with Gasteiger partial charge in [0.05, 0.1) is 11.7 Å². The third-order valence-electron chi connectivity index (χ3n) is 5.54. The Balaban J connectivity index is 1.77. The Kier molecular flexibility index (Phi) is 4.82. The number of aromatic nitrogens is 2. The highest BCUT2D eigenvalue weighted by Crippen LogP contribution is 2.36. The predicted molar refractivity (Wildman–Crippen MR) is 126 cm³/mol. The maximum atomic E-state index is 4.64. The van der Waals surface area contributed by atoms with Gasteiger partial charge in [-0.15, -0.1) is 0 Å². The first kappa shape index (κ1) is 19.8. The fraction of sp³-hybridized carbons (Fsp3) is 0.308. The molecule has 0 atom stereocenters. The van der Waals surface area contributed by atoms with Crippen LogP contribution in [0.25, 0.3) is 33.3 Å². The zero-order valence-electron chi connectivity index (χ0n) is 18.1. The fourth-order valence-electron chi connectivity index (χ4n) is 3.63. The van der Waals surface area contributed by atoms with E-state index in [4.69, 9.17) is 0 Å². The molecule has 1 aromatic heterocycles. The second kappa shape index (κ2) is 7.07. The van der Waals surface area contributed by atoms with Crippen molar-refractivity contribution in [1.29, 1.82) is 0 Å². The SMILES string of the molecule is CC(C)(C)c1ccc(-c2ccc(-c3ccc(C(C)(C)C)cc3)c3nsnc23)cc1. The molecule has 0 amide bonds. The molecule has 0 aliphatic heterocycles. The molecule has 148 valence electrons. The van der Waals surface area contributed by atoms with Crippen LogP contribution in [0, 0.1) is 0 Å². The Morgan fingerprint density at radius 2 is 0.862 bits per heavy atom. The highest BCUT2D eigenvalue weighted by molar-refractivity contribution is 7.00. The third kappa shape index (κ3) is 3.84. The van der Waals surface area contributed by atoms with E-state index in [0.29, 0.717) is 0 Å². The van der Waals surface area contributed by atoms with Gasteiger partial charge in [0.15, 0.2) is 0 Å². The monoisotopic (exact) mass is 400 g/mol. The minimum atomic E-state index is 0.152. The largest absolute Gasteiger partial charge is 0.172 e. The molecular weight excluding hydrogens is 372 g/mol. The molecule has 0 saturated carbocycles. The minimum Gasteiger partial charge on any atom is -0.172 e. The van der Waals surface area contributed by atoms with Gasteiger partial charge < -0.3 is 0 Å². The van der Waals surface area contributed by atoms with Crippen LogP contribution in [0.15, 0.2) is 60.7 Å². The summed E-state index contributed by atoms with van der Waals surface area (Å²) < 4.78 is 9.28. The van der Waals surface area contributed by atoms with Gasteiger partial charge in [0.1, 0.15) is 11.0 Å². The first-order valence-electron chi connectivity index (χ1n) is 10.1. The molecule has 3 heteroatoms. The van der Waals surface area contributed by atoms with E-state index >= 15 is 0 Å². The van der Waals surface area contributed by atoms with E-state index in [9.17, 15) is 0 Å². The molecule has 2 nitrogen and oxygen atoms in total. The van der Waals surface area contributed by atoms with E-state index in [1.165, 1.54) is 34.0 Å². The van der Waals surface area contributed by atoms with Crippen LogP contribution in [0.1, 0.15) is 52.7 Å². The van der Waals surface area contributed by atoms with Crippen molar-refractivity contribution in [1.82, 2.24) is 8.75 Å². The van der Waals surface area contributed by atoms with Crippen LogP contribution in [0.4, 0.5) is 0 Å². The summed E-state index contributed by atoms with van der Waals surface area (Å²) in [6.45, 7) is 13.4. The van der Waals surface area contributed by atoms with Crippen molar-refractivity contribution in [3.63, 3.8) is 0 Å². The van der Waals surface area contributed by atoms with E-state index in [-0.39, 0.29) is 10.8 Å². The highest BCUT2D eigenvalue weighted by Gasteiger charge is 2.17. The molecule has 0 spiro atoms. The van der Waals surface area contributed by atoms with Gasteiger partial charge in [-0.05, 0) is 33.1 Å². The summed E-state index contributed by atoms with van der Waals surface area (Å²) in [5.74, 6) is 0. The minimum absolute atomic E-state index is 0.152. The van der Waals surface area contributed by atoms with Gasteiger partial charge in [-0.3, -0.25) is 0 Å². The lowest BCUT2D eigenvalue weighted by Gasteiger charge is -2.19. The van der Waals surface area contributed by atoms with E-state index in [2.05, 4.69) is 111 Å². The van der Waals surface area contributed by atoms with Crippen molar-refractivity contribution < 1.29 is 0 Å². The second-order valence-corrected chi connectivity index (χ2v) is 10.3. The molecule has 29 heavy (non-hydrogen) atoms. The number of benzene rings is 3. The molecule has 0 unspecified atom stereocenters. The maximum absolute atomic E-state index is 4.64. The highest BCUT2D eigenvalue weighted by atomic mass is 32.1. The molecule has 0 aliphatic carbocycles. The van der Waals surface area contributed by atoms with Crippen molar-refractivity contribution in [2.75, 3.05) is 0 Å². The van der Waals surface area contributed by atoms with Crippen molar-refractivity contribution in [3.05, 3.63) is 71.8 Å². The van der Waals surface area contributed by atoms with Gasteiger partial charge in [0, 0.05) is 11.1 Å². The zero-order chi connectivity index (χ0) is 20.8. The first-order valence-corrected chi connectivity index (χ1v) is 10.8. The molecule has 4 rings (SSSR count). The number of hydrogen-bond acceptors (Lipinski definition) is 3. The third-order valence-corrected chi connectivity index (χ3v) is 6.07. The Bertz CT molecular complexity index is 1050. The molecule has 0 N–H and O–H groups in total. The van der Waals surface area contributed by atoms with Crippen LogP contribution >= 0.6 is 11.7 Å². The Morgan fingerprint density at radius 3 is 1.17 bits per heavy atom. The predicted octanol–water partition coefficient (Wildman–Crippen LogP) is 7.62. The average Bonchev–Trinajstić information content (AvgIpc) is 3.16. The van der Waals surface area contributed by atoms with Crippen molar-refractivity contribution in [3.8, 4) is 22.3 Å². The summed E-state index contributed by atoms with van der Waals surface area (Å²) in [7, 11) is 0. The lowest BCUT2D eigenvalue weighted by molar-refractivity contribution is 0.590. The molecule has 4 aromatic rings. The van der Waals surface area contributed by atoms with Crippen LogP contribution in [0.5, 0.6) is 0 Å². The lowest BCUT2D eigenvalue weighted by atomic mass is 9.85. The number of nitrogens with zero attached hydrogens (tertiary/aromatic N) is 2. The summed E-state index contributed by atoms with van der Waals surface area (Å²) >= 11 is 1.29. The molecule has 3 aromatic carbocycles. The molecule has 0 aliphatic rings. The number of fused-ring (bicyclic) bond motifs is 1. The van der Waals surface area contributed by atoms with Gasteiger partial charge in [0.2, 0.25) is 0 Å². The summed E-state index contributed by atoms with van der Waals surface area (Å²) in [5.41, 5.74) is 9.60. The van der Waals surface area contributed by atoms with E-state index < -0.39 is 0 Å². The normalized spacial score (nSPS) is 12.5. The smallest absolute Gasteiger partial charge is 0.113 e. The summed E-state index contributed by atoms with van der Waals surface area (Å²) in [5, 5.41) is 0. The van der Waals surface area contributed by atoms with Crippen molar-refractivity contribution in [2.24, 2.45) is 0 Å². The lowest BCUT2D eigenvalue weighted by Crippen LogP contribution is -2.10. The Hall–Kier alpha value is -2.52. The zero-order valence-corrected chi connectivity index (χ0v) is 18.9. The second-order valence-electron chi connectivity index (χ2n) is 9.78. The van der Waals surface area contributed by atoms with Gasteiger partial charge in [0.25, 0.3) is 0 Å². The van der Waals surface area contributed by atoms with E-state index in [1.54, 1.807) is 0 Å². The van der Waals surface area contributed by atoms with E-state index in [1.807, 2.05) is 0 Å². The summed E-state index contributed by atoms with van der Waals surface area (Å²) in [4.78, 5) is 0. The van der Waals surface area contributed by atoms with E-state index in [0.717, 1.165) is 22.2 Å². The quantitative estimate of drug-likeness (QED) is 0.346. The summed E-state index contributed by atoms with van der Waals surface area (Å²) in [6, 6.07) is 22.1. The van der Waals surface area contributed by atoms with Crippen molar-refractivity contribution in [2.45, 2.75) is 52.4 Å². The number of rotatable bonds is 2. The van der Waals surface area contributed by atoms with Crippen LogP contribution in [-0.4, -0.2) is 8.75 Å². The van der Waals surface area contributed by atoms with Crippen LogP contribution < -0.4 is 0 Å². The topological polar surface area (TPSA) is 25.8 Å². The molecular formula is C26H28N2S. The van der Waals surface area contributed by atoms with Gasteiger partial charge in [-0.2, -0.15) is 8.75 Å². The molecule has 0 bridgehead atoms. The standard InChI is InChI=1S/C26H28N2S/c1-25(2,3)19-11-7-17(8-12-19)21-15-16-22(24-23(21)27-29-28-24)18-9-13-20(14-10-18)26(4,5)6/h7-16H,1-6H3. The maximum Gasteiger partial charge on any atom is 0.113 e. The first-order chi connectivity index (χ1) is 13.6. The Labute approximate surface area is 178 Å². The molecule has 0 radical (unpaired) electrons. The van der Waals surface area contributed by atoms with Gasteiger partial charge >= 0.3 is 0 Å². The average molecular weight is 401 g/mol. The molecule has 0 saturated heterocycles.